The molecular weight excluding hydrogens is 358 g/mol. The Balaban J connectivity index is 1.56. The maximum Gasteiger partial charge on any atom is 0.266 e. The Morgan fingerprint density at radius 3 is 2.86 bits per heavy atom. The largest absolute Gasteiger partial charge is 0.340 e. The van der Waals surface area contributed by atoms with Crippen LogP contribution in [0, 0.1) is 6.92 Å². The van der Waals surface area contributed by atoms with Crippen LogP contribution in [0.1, 0.15) is 40.8 Å². The van der Waals surface area contributed by atoms with Gasteiger partial charge in [0.1, 0.15) is 0 Å². The predicted molar refractivity (Wildman–Crippen MR) is 102 cm³/mol. The Labute approximate surface area is 161 Å². The van der Waals surface area contributed by atoms with Crippen molar-refractivity contribution in [2.45, 2.75) is 25.7 Å². The minimum Gasteiger partial charge on any atom is -0.340 e. The standard InChI is InChI=1S/C20H21N5O3/c1-13-21-19(23-28-13)16-7-4-10-25(12-16)20(27)15-6-3-5-14(11-15)17-8-9-18(26)24(2)22-17/h3,5-6,8-9,11,16H,4,7,10,12H2,1-2H3/t16-/m1/s1. The number of carbonyl (C=O) groups excluding carboxylic acids is 1. The highest BCUT2D eigenvalue weighted by molar-refractivity contribution is 5.95. The van der Waals surface area contributed by atoms with E-state index < -0.39 is 0 Å². The third-order valence-corrected chi connectivity index (χ3v) is 4.98. The fourth-order valence-electron chi connectivity index (χ4n) is 3.50. The number of nitrogens with zero attached hydrogens (tertiary/aromatic N) is 5. The Kier molecular flexibility index (Phi) is 4.77. The highest BCUT2D eigenvalue weighted by Gasteiger charge is 2.28. The summed E-state index contributed by atoms with van der Waals surface area (Å²) < 4.78 is 6.37. The number of hydrogen-bond donors (Lipinski definition) is 0. The van der Waals surface area contributed by atoms with Gasteiger partial charge in [0.15, 0.2) is 5.82 Å². The van der Waals surface area contributed by atoms with Gasteiger partial charge in [-0.3, -0.25) is 9.59 Å². The van der Waals surface area contributed by atoms with Crippen molar-refractivity contribution in [3.63, 3.8) is 0 Å². The van der Waals surface area contributed by atoms with Crippen molar-refractivity contribution in [3.05, 3.63) is 64.0 Å². The van der Waals surface area contributed by atoms with E-state index in [4.69, 9.17) is 4.52 Å². The molecule has 1 atom stereocenters. The van der Waals surface area contributed by atoms with E-state index in [1.54, 1.807) is 26.1 Å². The molecule has 1 aromatic carbocycles. The third kappa shape index (κ3) is 3.58. The Morgan fingerprint density at radius 2 is 2.11 bits per heavy atom. The highest BCUT2D eigenvalue weighted by atomic mass is 16.5. The van der Waals surface area contributed by atoms with Gasteiger partial charge in [0.05, 0.1) is 5.69 Å². The zero-order chi connectivity index (χ0) is 19.7. The van der Waals surface area contributed by atoms with Crippen molar-refractivity contribution >= 4 is 5.91 Å². The number of aryl methyl sites for hydroxylation is 2. The molecule has 0 N–H and O–H groups in total. The van der Waals surface area contributed by atoms with Crippen LogP contribution in [-0.4, -0.2) is 43.8 Å². The smallest absolute Gasteiger partial charge is 0.266 e. The number of rotatable bonds is 3. The number of carbonyl (C=O) groups is 1. The first-order valence-electron chi connectivity index (χ1n) is 9.25. The molecular formula is C20H21N5O3. The van der Waals surface area contributed by atoms with Crippen molar-refractivity contribution in [2.24, 2.45) is 7.05 Å². The van der Waals surface area contributed by atoms with Gasteiger partial charge >= 0.3 is 0 Å². The lowest BCUT2D eigenvalue weighted by molar-refractivity contribution is 0.0703. The number of hydrogen-bond acceptors (Lipinski definition) is 6. The van der Waals surface area contributed by atoms with E-state index in [1.165, 1.54) is 10.7 Å². The van der Waals surface area contributed by atoms with Crippen LogP contribution >= 0.6 is 0 Å². The van der Waals surface area contributed by atoms with Crippen LogP contribution in [0.4, 0.5) is 0 Å². The minimum absolute atomic E-state index is 0.0309. The maximum absolute atomic E-state index is 13.1. The second-order valence-electron chi connectivity index (χ2n) is 7.02. The van der Waals surface area contributed by atoms with Gasteiger partial charge in [-0.15, -0.1) is 0 Å². The van der Waals surface area contributed by atoms with Crippen LogP contribution in [0.5, 0.6) is 0 Å². The van der Waals surface area contributed by atoms with E-state index >= 15 is 0 Å². The van der Waals surface area contributed by atoms with Crippen LogP contribution in [0.25, 0.3) is 11.3 Å². The molecule has 28 heavy (non-hydrogen) atoms. The molecule has 0 spiro atoms. The predicted octanol–water partition coefficient (Wildman–Crippen LogP) is 2.16. The summed E-state index contributed by atoms with van der Waals surface area (Å²) in [4.78, 5) is 30.8. The van der Waals surface area contributed by atoms with Crippen LogP contribution < -0.4 is 5.56 Å². The van der Waals surface area contributed by atoms with Crippen LogP contribution in [-0.2, 0) is 7.05 Å². The van der Waals surface area contributed by atoms with Crippen LogP contribution in [0.3, 0.4) is 0 Å². The fourth-order valence-corrected chi connectivity index (χ4v) is 3.50. The molecule has 1 amide bonds. The van der Waals surface area contributed by atoms with Crippen molar-refractivity contribution in [3.8, 4) is 11.3 Å². The molecule has 144 valence electrons. The van der Waals surface area contributed by atoms with E-state index in [1.807, 2.05) is 23.1 Å². The Bertz CT molecular complexity index is 1070. The van der Waals surface area contributed by atoms with Gasteiger partial charge in [0.25, 0.3) is 11.5 Å². The zero-order valence-corrected chi connectivity index (χ0v) is 15.8. The van der Waals surface area contributed by atoms with E-state index in [9.17, 15) is 9.59 Å². The summed E-state index contributed by atoms with van der Waals surface area (Å²) in [5, 5.41) is 8.28. The molecule has 8 heteroatoms. The van der Waals surface area contributed by atoms with Gasteiger partial charge < -0.3 is 9.42 Å². The first kappa shape index (κ1) is 18.1. The summed E-state index contributed by atoms with van der Waals surface area (Å²) in [6, 6.07) is 10.5. The molecule has 0 aliphatic carbocycles. The van der Waals surface area contributed by atoms with Gasteiger partial charge in [-0.25, -0.2) is 4.68 Å². The molecule has 0 unspecified atom stereocenters. The topological polar surface area (TPSA) is 94.1 Å². The third-order valence-electron chi connectivity index (χ3n) is 4.98. The first-order valence-corrected chi connectivity index (χ1v) is 9.25. The average molecular weight is 379 g/mol. The lowest BCUT2D eigenvalue weighted by Gasteiger charge is -2.31. The number of likely N-dealkylation sites (tertiary alicyclic amines) is 1. The second kappa shape index (κ2) is 7.38. The summed E-state index contributed by atoms with van der Waals surface area (Å²) in [6.07, 6.45) is 1.83. The van der Waals surface area contributed by atoms with Crippen molar-refractivity contribution in [2.75, 3.05) is 13.1 Å². The zero-order valence-electron chi connectivity index (χ0n) is 15.8. The Hall–Kier alpha value is -3.29. The summed E-state index contributed by atoms with van der Waals surface area (Å²) in [6.45, 7) is 3.04. The van der Waals surface area contributed by atoms with Crippen molar-refractivity contribution in [1.82, 2.24) is 24.8 Å². The quantitative estimate of drug-likeness (QED) is 0.692. The molecule has 1 aliphatic rings. The molecule has 1 saturated heterocycles. The van der Waals surface area contributed by atoms with Crippen molar-refractivity contribution < 1.29 is 9.32 Å². The molecule has 3 heterocycles. The van der Waals surface area contributed by atoms with E-state index in [0.717, 1.165) is 18.4 Å². The van der Waals surface area contributed by atoms with Crippen LogP contribution in [0.15, 0.2) is 45.7 Å². The van der Waals surface area contributed by atoms with Gasteiger partial charge in [-0.1, -0.05) is 17.3 Å². The molecule has 2 aromatic heterocycles. The van der Waals surface area contributed by atoms with Gasteiger partial charge in [-0.2, -0.15) is 10.1 Å². The number of benzene rings is 1. The number of aromatic nitrogens is 4. The lowest BCUT2D eigenvalue weighted by Crippen LogP contribution is -2.39. The van der Waals surface area contributed by atoms with E-state index in [0.29, 0.717) is 36.1 Å². The molecule has 8 nitrogen and oxygen atoms in total. The monoisotopic (exact) mass is 379 g/mol. The van der Waals surface area contributed by atoms with E-state index in [2.05, 4.69) is 15.2 Å². The summed E-state index contributed by atoms with van der Waals surface area (Å²) in [7, 11) is 1.61. The molecule has 1 aliphatic heterocycles. The number of piperidine rings is 1. The summed E-state index contributed by atoms with van der Waals surface area (Å²) in [5.74, 6) is 1.26. The maximum atomic E-state index is 13.1. The minimum atomic E-state index is -0.174. The fraction of sp³-hybridized carbons (Fsp3) is 0.350. The van der Waals surface area contributed by atoms with Crippen molar-refractivity contribution in [1.29, 1.82) is 0 Å². The molecule has 1 fully saturated rings. The normalized spacial score (nSPS) is 16.9. The molecule has 4 rings (SSSR count). The molecule has 0 saturated carbocycles. The van der Waals surface area contributed by atoms with Gasteiger partial charge in [-0.05, 0) is 31.0 Å². The first-order chi connectivity index (χ1) is 13.5. The summed E-state index contributed by atoms with van der Waals surface area (Å²) >= 11 is 0. The average Bonchev–Trinajstić information content (AvgIpc) is 3.16. The Morgan fingerprint density at radius 1 is 1.25 bits per heavy atom. The van der Waals surface area contributed by atoms with Crippen LogP contribution in [0.2, 0.25) is 0 Å². The lowest BCUT2D eigenvalue weighted by atomic mass is 9.96. The number of amides is 1. The molecule has 0 bridgehead atoms. The van der Waals surface area contributed by atoms with Gasteiger partial charge in [0.2, 0.25) is 5.89 Å². The second-order valence-corrected chi connectivity index (χ2v) is 7.02. The van der Waals surface area contributed by atoms with Gasteiger partial charge in [0, 0.05) is 50.2 Å². The van der Waals surface area contributed by atoms with E-state index in [-0.39, 0.29) is 17.4 Å². The molecule has 0 radical (unpaired) electrons. The summed E-state index contributed by atoms with van der Waals surface area (Å²) in [5.41, 5.74) is 1.87. The SMILES string of the molecule is Cc1nc([C@@H]2CCCN(C(=O)c3cccc(-c4ccc(=O)n(C)n4)c3)C2)no1. The highest BCUT2D eigenvalue weighted by Crippen LogP contribution is 2.26. The molecule has 3 aromatic rings.